The highest BCUT2D eigenvalue weighted by molar-refractivity contribution is 7.99. The van der Waals surface area contributed by atoms with Gasteiger partial charge in [-0.25, -0.2) is 9.97 Å². The first kappa shape index (κ1) is 14.6. The number of amides is 1. The van der Waals surface area contributed by atoms with Crippen molar-refractivity contribution in [3.05, 3.63) is 41.6 Å². The van der Waals surface area contributed by atoms with Crippen molar-refractivity contribution in [3.8, 4) is 0 Å². The summed E-state index contributed by atoms with van der Waals surface area (Å²) in [6.45, 7) is 4.25. The molecule has 0 aliphatic heterocycles. The molecule has 0 aliphatic carbocycles. The van der Waals surface area contributed by atoms with E-state index in [2.05, 4.69) is 25.5 Å². The van der Waals surface area contributed by atoms with Crippen LogP contribution >= 0.6 is 11.8 Å². The second kappa shape index (κ2) is 6.18. The summed E-state index contributed by atoms with van der Waals surface area (Å²) in [5.41, 5.74) is 2.83. The van der Waals surface area contributed by atoms with Gasteiger partial charge in [-0.1, -0.05) is 17.8 Å². The Labute approximate surface area is 131 Å². The zero-order valence-corrected chi connectivity index (χ0v) is 13.1. The van der Waals surface area contributed by atoms with Crippen molar-refractivity contribution in [2.45, 2.75) is 25.5 Å². The lowest BCUT2D eigenvalue weighted by Gasteiger charge is -2.01. The van der Waals surface area contributed by atoms with Crippen LogP contribution in [0.1, 0.15) is 17.2 Å². The number of fused-ring (bicyclic) bond motifs is 1. The van der Waals surface area contributed by atoms with E-state index >= 15 is 0 Å². The first-order valence-corrected chi connectivity index (χ1v) is 7.82. The van der Waals surface area contributed by atoms with E-state index in [1.807, 2.05) is 42.6 Å². The average Bonchev–Trinajstić information content (AvgIpc) is 3.10. The molecule has 0 saturated carbocycles. The molecular formula is C14H16N6OS. The number of imidazole rings is 1. The molecule has 114 valence electrons. The number of hydrogen-bond acceptors (Lipinski definition) is 5. The third-order valence-corrected chi connectivity index (χ3v) is 3.97. The van der Waals surface area contributed by atoms with Crippen LogP contribution in [0.25, 0.3) is 5.65 Å². The van der Waals surface area contributed by atoms with Crippen LogP contribution in [0.5, 0.6) is 0 Å². The molecule has 0 atom stereocenters. The zero-order valence-electron chi connectivity index (χ0n) is 12.3. The molecule has 0 aliphatic rings. The Morgan fingerprint density at radius 3 is 2.95 bits per heavy atom. The third kappa shape index (κ3) is 3.28. The number of nitrogens with one attached hydrogen (secondary N) is 2. The van der Waals surface area contributed by atoms with Crippen molar-refractivity contribution >= 4 is 23.3 Å². The first-order valence-electron chi connectivity index (χ1n) is 6.84. The van der Waals surface area contributed by atoms with Gasteiger partial charge in [-0.3, -0.25) is 9.89 Å². The summed E-state index contributed by atoms with van der Waals surface area (Å²) in [6, 6.07) is 5.93. The van der Waals surface area contributed by atoms with Crippen LogP contribution < -0.4 is 5.32 Å². The number of aromatic amines is 1. The summed E-state index contributed by atoms with van der Waals surface area (Å²) < 4.78 is 2.01. The van der Waals surface area contributed by atoms with E-state index in [9.17, 15) is 4.79 Å². The molecular weight excluding hydrogens is 300 g/mol. The van der Waals surface area contributed by atoms with E-state index in [0.717, 1.165) is 22.9 Å². The van der Waals surface area contributed by atoms with Gasteiger partial charge < -0.3 is 9.72 Å². The van der Waals surface area contributed by atoms with E-state index in [-0.39, 0.29) is 11.7 Å². The second-order valence-electron chi connectivity index (χ2n) is 4.90. The Hall–Kier alpha value is -2.35. The smallest absolute Gasteiger partial charge is 0.230 e. The number of hydrogen-bond donors (Lipinski definition) is 2. The van der Waals surface area contributed by atoms with Gasteiger partial charge in [0.2, 0.25) is 11.1 Å². The topological polar surface area (TPSA) is 88.0 Å². The second-order valence-corrected chi connectivity index (χ2v) is 5.84. The van der Waals surface area contributed by atoms with Gasteiger partial charge in [-0.15, -0.1) is 5.10 Å². The molecule has 22 heavy (non-hydrogen) atoms. The molecule has 0 radical (unpaired) electrons. The Kier molecular flexibility index (Phi) is 4.10. The molecule has 3 rings (SSSR count). The Bertz CT molecular complexity index is 809. The van der Waals surface area contributed by atoms with Crippen molar-refractivity contribution in [3.63, 3.8) is 0 Å². The van der Waals surface area contributed by atoms with Crippen molar-refractivity contribution in [2.75, 3.05) is 5.75 Å². The van der Waals surface area contributed by atoms with Gasteiger partial charge in [0.15, 0.2) is 0 Å². The van der Waals surface area contributed by atoms with Gasteiger partial charge >= 0.3 is 0 Å². The number of carbonyl (C=O) groups excluding carboxylic acids is 1. The lowest BCUT2D eigenvalue weighted by molar-refractivity contribution is -0.118. The number of carbonyl (C=O) groups is 1. The van der Waals surface area contributed by atoms with Gasteiger partial charge in [-0.2, -0.15) is 0 Å². The maximum atomic E-state index is 11.8. The van der Waals surface area contributed by atoms with Crippen LogP contribution in [0, 0.1) is 13.8 Å². The van der Waals surface area contributed by atoms with Crippen LogP contribution in [0.15, 0.2) is 29.6 Å². The van der Waals surface area contributed by atoms with E-state index in [0.29, 0.717) is 11.7 Å². The molecule has 3 heterocycles. The predicted octanol–water partition coefficient (Wildman–Crippen LogP) is 1.48. The third-order valence-electron chi connectivity index (χ3n) is 3.12. The van der Waals surface area contributed by atoms with Crippen molar-refractivity contribution in [1.29, 1.82) is 0 Å². The summed E-state index contributed by atoms with van der Waals surface area (Å²) in [7, 11) is 0. The summed E-state index contributed by atoms with van der Waals surface area (Å²) in [5.74, 6) is 0.952. The number of aromatic nitrogens is 5. The van der Waals surface area contributed by atoms with Crippen LogP contribution in [0.2, 0.25) is 0 Å². The number of H-pyrrole nitrogens is 1. The summed E-state index contributed by atoms with van der Waals surface area (Å²) in [6.07, 6.45) is 1.94. The van der Waals surface area contributed by atoms with Gasteiger partial charge in [0, 0.05) is 11.9 Å². The van der Waals surface area contributed by atoms with Crippen molar-refractivity contribution in [1.82, 2.24) is 29.9 Å². The Morgan fingerprint density at radius 2 is 2.23 bits per heavy atom. The van der Waals surface area contributed by atoms with Crippen LogP contribution in [-0.2, 0) is 11.3 Å². The SMILES string of the molecule is Cc1nc(SCC(=O)NCc2cn3c(C)cccc3n2)n[nH]1. The normalized spacial score (nSPS) is 11.0. The summed E-state index contributed by atoms with van der Waals surface area (Å²) in [5, 5.41) is 10.2. The fourth-order valence-corrected chi connectivity index (χ4v) is 2.71. The molecule has 0 aromatic carbocycles. The molecule has 8 heteroatoms. The monoisotopic (exact) mass is 316 g/mol. The summed E-state index contributed by atoms with van der Waals surface area (Å²) in [4.78, 5) is 20.5. The molecule has 0 spiro atoms. The van der Waals surface area contributed by atoms with Gasteiger partial charge in [0.25, 0.3) is 0 Å². The Balaban J connectivity index is 1.54. The van der Waals surface area contributed by atoms with Gasteiger partial charge in [0.1, 0.15) is 11.5 Å². The highest BCUT2D eigenvalue weighted by Gasteiger charge is 2.08. The maximum absolute atomic E-state index is 11.8. The number of nitrogens with zero attached hydrogens (tertiary/aromatic N) is 4. The molecule has 0 bridgehead atoms. The molecule has 3 aromatic rings. The average molecular weight is 316 g/mol. The quantitative estimate of drug-likeness (QED) is 0.696. The first-order chi connectivity index (χ1) is 10.6. The number of aryl methyl sites for hydroxylation is 2. The largest absolute Gasteiger partial charge is 0.350 e. The van der Waals surface area contributed by atoms with Crippen LogP contribution in [0.4, 0.5) is 0 Å². The number of rotatable bonds is 5. The number of pyridine rings is 1. The van der Waals surface area contributed by atoms with E-state index in [1.165, 1.54) is 11.8 Å². The van der Waals surface area contributed by atoms with Crippen molar-refractivity contribution < 1.29 is 4.79 Å². The highest BCUT2D eigenvalue weighted by atomic mass is 32.2. The molecule has 7 nitrogen and oxygen atoms in total. The van der Waals surface area contributed by atoms with E-state index in [4.69, 9.17) is 0 Å². The molecule has 0 saturated heterocycles. The van der Waals surface area contributed by atoms with E-state index in [1.54, 1.807) is 0 Å². The lowest BCUT2D eigenvalue weighted by atomic mass is 10.4. The van der Waals surface area contributed by atoms with E-state index < -0.39 is 0 Å². The lowest BCUT2D eigenvalue weighted by Crippen LogP contribution is -2.24. The predicted molar refractivity (Wildman–Crippen MR) is 83.6 cm³/mol. The minimum absolute atomic E-state index is 0.0683. The minimum Gasteiger partial charge on any atom is -0.350 e. The standard InChI is InChI=1S/C14H16N6OS/c1-9-4-3-5-12-17-11(7-20(9)12)6-15-13(21)8-22-14-16-10(2)18-19-14/h3-5,7H,6,8H2,1-2H3,(H,15,21)(H,16,18,19). The number of thioether (sulfide) groups is 1. The highest BCUT2D eigenvalue weighted by Crippen LogP contribution is 2.11. The molecule has 2 N–H and O–H groups in total. The van der Waals surface area contributed by atoms with Crippen LogP contribution in [-0.4, -0.2) is 36.2 Å². The van der Waals surface area contributed by atoms with Crippen molar-refractivity contribution in [2.24, 2.45) is 0 Å². The molecule has 0 unspecified atom stereocenters. The summed E-state index contributed by atoms with van der Waals surface area (Å²) >= 11 is 1.30. The fraction of sp³-hybridized carbons (Fsp3) is 0.286. The minimum atomic E-state index is -0.0683. The van der Waals surface area contributed by atoms with Gasteiger partial charge in [0.05, 0.1) is 18.0 Å². The maximum Gasteiger partial charge on any atom is 0.230 e. The molecule has 0 fully saturated rings. The molecule has 1 amide bonds. The van der Waals surface area contributed by atoms with Crippen LogP contribution in [0.3, 0.4) is 0 Å². The molecule has 3 aromatic heterocycles. The fourth-order valence-electron chi connectivity index (χ4n) is 2.04. The zero-order chi connectivity index (χ0) is 15.5. The van der Waals surface area contributed by atoms with Gasteiger partial charge in [-0.05, 0) is 26.0 Å². The Morgan fingerprint density at radius 1 is 1.36 bits per heavy atom.